The van der Waals surface area contributed by atoms with E-state index in [0.717, 1.165) is 22.3 Å². The molecule has 3 heterocycles. The number of rotatable bonds is 10. The van der Waals surface area contributed by atoms with Crippen molar-refractivity contribution in [3.05, 3.63) is 95.1 Å². The molecule has 0 aliphatic carbocycles. The number of hydrogen-bond acceptors (Lipinski definition) is 12. The predicted molar refractivity (Wildman–Crippen MR) is 189 cm³/mol. The van der Waals surface area contributed by atoms with Gasteiger partial charge in [-0.15, -0.1) is 0 Å². The molecule has 4 aromatic rings. The van der Waals surface area contributed by atoms with Gasteiger partial charge in [-0.3, -0.25) is 0 Å². The van der Waals surface area contributed by atoms with E-state index in [4.69, 9.17) is 33.2 Å². The van der Waals surface area contributed by atoms with Crippen LogP contribution in [0.3, 0.4) is 0 Å². The third kappa shape index (κ3) is 7.51. The van der Waals surface area contributed by atoms with Crippen molar-refractivity contribution >= 4 is 0 Å². The molecule has 0 aromatic heterocycles. The maximum Gasteiger partial charge on any atom is 0.160 e. The molecule has 0 bridgehead atoms. The summed E-state index contributed by atoms with van der Waals surface area (Å²) >= 11 is 0. The average molecular weight is 719 g/mol. The zero-order chi connectivity index (χ0) is 36.9. The monoisotopic (exact) mass is 718 g/mol. The van der Waals surface area contributed by atoms with Crippen molar-refractivity contribution in [1.29, 1.82) is 0 Å². The predicted octanol–water partition coefficient (Wildman–Crippen LogP) is 5.84. The molecule has 7 atom stereocenters. The Balaban J connectivity index is 0.000000179. The van der Waals surface area contributed by atoms with Crippen molar-refractivity contribution < 1.29 is 58.7 Å². The first-order chi connectivity index (χ1) is 25.2. The summed E-state index contributed by atoms with van der Waals surface area (Å²) in [4.78, 5) is 0. The zero-order valence-electron chi connectivity index (χ0n) is 29.6. The van der Waals surface area contributed by atoms with Crippen molar-refractivity contribution in [2.75, 3.05) is 54.9 Å². The molecule has 0 radical (unpaired) electrons. The molecule has 4 aromatic carbocycles. The van der Waals surface area contributed by atoms with E-state index >= 15 is 0 Å². The van der Waals surface area contributed by atoms with Crippen LogP contribution in [0.4, 0.5) is 0 Å². The first-order valence-corrected chi connectivity index (χ1v) is 17.1. The van der Waals surface area contributed by atoms with Crippen LogP contribution in [0.2, 0.25) is 0 Å². The van der Waals surface area contributed by atoms with E-state index in [2.05, 4.69) is 0 Å². The van der Waals surface area contributed by atoms with E-state index in [0.29, 0.717) is 49.2 Å². The molecule has 12 heteroatoms. The Morgan fingerprint density at radius 3 is 1.33 bits per heavy atom. The Morgan fingerprint density at radius 1 is 0.519 bits per heavy atom. The standard InChI is InChI=1S/C20H22O6.C20H24O6/c1-23-17-7-11(3-5-15(17)21)19-13-9-26-20(14(13)10-25-19)12-4-6-16(22)18(8-12)24-2;1-24-18-8-12(3-5-16(18)22)7-14-11-26-20(15(14)10-21)13-4-6-17(23)19(9-13)25-2/h3-8,13-14,19-22H,9-10H2,1-2H3;3-6,8-9,14-15,20-23H,7,10-11H2,1-2H3/t13-,14-,19+,20+;14-,15-,20+/m00/s1. The van der Waals surface area contributed by atoms with Crippen LogP contribution in [0, 0.1) is 23.7 Å². The van der Waals surface area contributed by atoms with E-state index < -0.39 is 0 Å². The number of fused-ring (bicyclic) bond motifs is 1. The first-order valence-electron chi connectivity index (χ1n) is 17.1. The Bertz CT molecular complexity index is 1680. The smallest absolute Gasteiger partial charge is 0.160 e. The number of benzene rings is 4. The number of ether oxygens (including phenoxy) is 7. The fraction of sp³-hybridized carbons (Fsp3) is 0.400. The minimum absolute atomic E-state index is 0.00621. The third-order valence-electron chi connectivity index (χ3n) is 10.3. The Hall–Kier alpha value is -4.88. The Kier molecular flexibility index (Phi) is 11.5. The molecule has 7 rings (SSSR count). The van der Waals surface area contributed by atoms with Crippen LogP contribution >= 0.6 is 0 Å². The molecule has 278 valence electrons. The molecular weight excluding hydrogens is 672 g/mol. The van der Waals surface area contributed by atoms with Crippen LogP contribution in [0.15, 0.2) is 72.8 Å². The van der Waals surface area contributed by atoms with Gasteiger partial charge in [-0.05, 0) is 83.1 Å². The fourth-order valence-electron chi connectivity index (χ4n) is 7.52. The van der Waals surface area contributed by atoms with Crippen molar-refractivity contribution in [3.63, 3.8) is 0 Å². The summed E-state index contributed by atoms with van der Waals surface area (Å²) < 4.78 is 38.9. The lowest BCUT2D eigenvalue weighted by Crippen LogP contribution is -2.21. The van der Waals surface area contributed by atoms with Crippen LogP contribution in [0.5, 0.6) is 46.0 Å². The van der Waals surface area contributed by atoms with E-state index in [1.54, 1.807) is 42.5 Å². The summed E-state index contributed by atoms with van der Waals surface area (Å²) in [5.74, 6) is 2.57. The Morgan fingerprint density at radius 2 is 0.904 bits per heavy atom. The second kappa shape index (κ2) is 16.2. The van der Waals surface area contributed by atoms with E-state index in [1.165, 1.54) is 28.4 Å². The molecule has 52 heavy (non-hydrogen) atoms. The average Bonchev–Trinajstić information content (AvgIpc) is 3.89. The molecule has 3 aliphatic rings. The highest BCUT2D eigenvalue weighted by Crippen LogP contribution is 2.51. The van der Waals surface area contributed by atoms with Gasteiger partial charge in [-0.2, -0.15) is 0 Å². The summed E-state index contributed by atoms with van der Waals surface area (Å²) in [6.45, 7) is 1.69. The van der Waals surface area contributed by atoms with Crippen molar-refractivity contribution in [3.8, 4) is 46.0 Å². The van der Waals surface area contributed by atoms with Crippen LogP contribution < -0.4 is 18.9 Å². The summed E-state index contributed by atoms with van der Waals surface area (Å²) in [5, 5.41) is 49.1. The first kappa shape index (κ1) is 36.9. The molecule has 3 fully saturated rings. The fourth-order valence-corrected chi connectivity index (χ4v) is 7.52. The summed E-state index contributed by atoms with van der Waals surface area (Å²) in [7, 11) is 6.08. The van der Waals surface area contributed by atoms with E-state index in [-0.39, 0.29) is 71.6 Å². The largest absolute Gasteiger partial charge is 0.504 e. The molecule has 0 spiro atoms. The quantitative estimate of drug-likeness (QED) is 0.133. The molecule has 0 unspecified atom stereocenters. The maximum absolute atomic E-state index is 9.95. The van der Waals surface area contributed by atoms with Gasteiger partial charge in [0.05, 0.1) is 66.6 Å². The van der Waals surface area contributed by atoms with Gasteiger partial charge in [0.15, 0.2) is 46.0 Å². The molecule has 3 aliphatic heterocycles. The summed E-state index contributed by atoms with van der Waals surface area (Å²) in [6.07, 6.45) is 0.239. The highest BCUT2D eigenvalue weighted by atomic mass is 16.5. The number of methoxy groups -OCH3 is 4. The van der Waals surface area contributed by atoms with Gasteiger partial charge >= 0.3 is 0 Å². The second-order valence-electron chi connectivity index (χ2n) is 13.2. The summed E-state index contributed by atoms with van der Waals surface area (Å²) in [6, 6.07) is 21.0. The number of phenols is 4. The van der Waals surface area contributed by atoms with Gasteiger partial charge in [0.2, 0.25) is 0 Å². The molecule has 0 amide bonds. The van der Waals surface area contributed by atoms with Gasteiger partial charge in [-0.25, -0.2) is 0 Å². The molecule has 0 saturated carbocycles. The van der Waals surface area contributed by atoms with Crippen LogP contribution in [0.1, 0.15) is 40.6 Å². The maximum atomic E-state index is 9.95. The van der Waals surface area contributed by atoms with E-state index in [9.17, 15) is 25.5 Å². The SMILES string of the molecule is COc1cc(C[C@H]2CO[C@H](c3ccc(O)c(OC)c3)[C@H]2CO)ccc1O.COc1cc([C@H]2OC[C@H]3[C@@H]2CO[C@@H]3c2ccc(O)c(OC)c2)ccc1O. The molecule has 12 nitrogen and oxygen atoms in total. The zero-order valence-corrected chi connectivity index (χ0v) is 29.6. The van der Waals surface area contributed by atoms with Gasteiger partial charge in [0, 0.05) is 24.4 Å². The second-order valence-corrected chi connectivity index (χ2v) is 13.2. The van der Waals surface area contributed by atoms with Crippen LogP contribution in [0.25, 0.3) is 0 Å². The number of phenolic OH excluding ortho intramolecular Hbond substituents is 4. The van der Waals surface area contributed by atoms with Crippen molar-refractivity contribution in [2.45, 2.75) is 24.7 Å². The Labute approximate surface area is 302 Å². The highest BCUT2D eigenvalue weighted by Gasteiger charge is 2.48. The normalized spacial score (nSPS) is 24.8. The minimum atomic E-state index is -0.265. The van der Waals surface area contributed by atoms with Crippen LogP contribution in [-0.2, 0) is 20.6 Å². The van der Waals surface area contributed by atoms with Gasteiger partial charge < -0.3 is 58.7 Å². The topological polar surface area (TPSA) is 166 Å². The lowest BCUT2D eigenvalue weighted by atomic mass is 9.84. The lowest BCUT2D eigenvalue weighted by Gasteiger charge is -2.22. The van der Waals surface area contributed by atoms with E-state index in [1.807, 2.05) is 30.3 Å². The number of hydrogen-bond donors (Lipinski definition) is 5. The summed E-state index contributed by atoms with van der Waals surface area (Å²) in [5.41, 5.74) is 3.82. The molecule has 5 N–H and O–H groups in total. The third-order valence-corrected chi connectivity index (χ3v) is 10.3. The highest BCUT2D eigenvalue weighted by molar-refractivity contribution is 5.45. The number of aliphatic hydroxyl groups is 1. The van der Waals surface area contributed by atoms with Gasteiger partial charge in [0.1, 0.15) is 0 Å². The molecule has 3 saturated heterocycles. The number of aromatic hydroxyl groups is 4. The van der Waals surface area contributed by atoms with Crippen molar-refractivity contribution in [2.24, 2.45) is 23.7 Å². The minimum Gasteiger partial charge on any atom is -0.504 e. The van der Waals surface area contributed by atoms with Gasteiger partial charge in [-0.1, -0.05) is 24.3 Å². The van der Waals surface area contributed by atoms with Gasteiger partial charge in [0.25, 0.3) is 0 Å². The van der Waals surface area contributed by atoms with Crippen LogP contribution in [-0.4, -0.2) is 80.4 Å². The van der Waals surface area contributed by atoms with Crippen molar-refractivity contribution in [1.82, 2.24) is 0 Å². The molecular formula is C40H46O12. The lowest BCUT2D eigenvalue weighted by molar-refractivity contribution is 0.0191. The number of aliphatic hydroxyl groups excluding tert-OH is 1.